The van der Waals surface area contributed by atoms with Crippen LogP contribution < -0.4 is 5.73 Å². The number of fused-ring (bicyclic) bond motifs is 1. The van der Waals surface area contributed by atoms with Gasteiger partial charge in [0.1, 0.15) is 17.8 Å². The Morgan fingerprint density at radius 3 is 2.69 bits per heavy atom. The van der Waals surface area contributed by atoms with Crippen LogP contribution in [0.3, 0.4) is 0 Å². The van der Waals surface area contributed by atoms with Crippen LogP contribution in [-0.4, -0.2) is 19.7 Å². The highest BCUT2D eigenvalue weighted by molar-refractivity contribution is 5.98. The Morgan fingerprint density at radius 2 is 2.04 bits per heavy atom. The van der Waals surface area contributed by atoms with Gasteiger partial charge in [0, 0.05) is 0 Å². The predicted molar refractivity (Wildman–Crippen MR) is 111 cm³/mol. The van der Waals surface area contributed by atoms with Crippen molar-refractivity contribution < 1.29 is 0 Å². The Labute approximate surface area is 154 Å². The summed E-state index contributed by atoms with van der Waals surface area (Å²) in [7, 11) is 0. The van der Waals surface area contributed by atoms with Gasteiger partial charge in [0.2, 0.25) is 0 Å². The smallest absolute Gasteiger partial charge is 0.169 e. The molecule has 0 amide bonds. The molecule has 0 unspecified atom stereocenters. The van der Waals surface area contributed by atoms with Crippen molar-refractivity contribution in [2.75, 3.05) is 5.73 Å². The Bertz CT molecular complexity index is 923. The van der Waals surface area contributed by atoms with E-state index >= 15 is 0 Å². The molecule has 0 aliphatic carbocycles. The van der Waals surface area contributed by atoms with Gasteiger partial charge in [0.05, 0.1) is 11.1 Å². The maximum absolute atomic E-state index is 6.15. The van der Waals surface area contributed by atoms with Crippen LogP contribution in [0.1, 0.15) is 32.9 Å². The topological polar surface area (TPSA) is 69.6 Å². The molecule has 0 aliphatic rings. The molecule has 5 nitrogen and oxygen atoms in total. The molecule has 0 saturated heterocycles. The average molecular weight is 347 g/mol. The fourth-order valence-electron chi connectivity index (χ4n) is 2.47. The summed E-state index contributed by atoms with van der Waals surface area (Å²) in [6, 6.07) is 0. The van der Waals surface area contributed by atoms with Gasteiger partial charge >= 0.3 is 0 Å². The molecule has 0 bridgehead atoms. The first-order valence-corrected chi connectivity index (χ1v) is 8.62. The lowest BCUT2D eigenvalue weighted by atomic mass is 10.1. The highest BCUT2D eigenvalue weighted by atomic mass is 15.3. The molecule has 0 aliphatic heterocycles. The van der Waals surface area contributed by atoms with E-state index in [1.807, 2.05) is 56.4 Å². The summed E-state index contributed by atoms with van der Waals surface area (Å²) in [4.78, 5) is 8.55. The minimum atomic E-state index is 0.405. The van der Waals surface area contributed by atoms with Crippen molar-refractivity contribution in [1.29, 1.82) is 0 Å². The lowest BCUT2D eigenvalue weighted by molar-refractivity contribution is 0.916. The number of aromatic nitrogens is 4. The van der Waals surface area contributed by atoms with Crippen LogP contribution in [0.4, 0.5) is 5.82 Å². The fourth-order valence-corrected chi connectivity index (χ4v) is 2.47. The SMILES string of the molecule is C=C/C(=C\C=C/CC)n1nc(C(/C=C\C=C/C)=C/C)c2c(N)ncnc21. The summed E-state index contributed by atoms with van der Waals surface area (Å²) < 4.78 is 1.75. The highest BCUT2D eigenvalue weighted by Crippen LogP contribution is 2.29. The second-order valence-corrected chi connectivity index (χ2v) is 5.48. The number of anilines is 1. The second kappa shape index (κ2) is 9.32. The van der Waals surface area contributed by atoms with E-state index in [0.29, 0.717) is 11.5 Å². The van der Waals surface area contributed by atoms with E-state index in [0.717, 1.165) is 28.8 Å². The maximum Gasteiger partial charge on any atom is 0.169 e. The number of nitrogens with zero attached hydrogens (tertiary/aromatic N) is 4. The minimum Gasteiger partial charge on any atom is -0.383 e. The predicted octanol–water partition coefficient (Wildman–Crippen LogP) is 4.94. The lowest BCUT2D eigenvalue weighted by Gasteiger charge is -2.02. The molecule has 0 radical (unpaired) electrons. The van der Waals surface area contributed by atoms with Crippen molar-refractivity contribution in [1.82, 2.24) is 19.7 Å². The molecule has 0 fully saturated rings. The van der Waals surface area contributed by atoms with Gasteiger partial charge in [-0.15, -0.1) is 0 Å². The van der Waals surface area contributed by atoms with Gasteiger partial charge in [0.25, 0.3) is 0 Å². The van der Waals surface area contributed by atoms with Crippen molar-refractivity contribution in [2.24, 2.45) is 0 Å². The third-order valence-electron chi connectivity index (χ3n) is 3.75. The van der Waals surface area contributed by atoms with Crippen LogP contribution >= 0.6 is 0 Å². The molecule has 2 aromatic heterocycles. The van der Waals surface area contributed by atoms with Crippen LogP contribution in [0, 0.1) is 0 Å². The molecule has 2 aromatic rings. The zero-order chi connectivity index (χ0) is 18.9. The number of nitrogens with two attached hydrogens (primary N) is 1. The first kappa shape index (κ1) is 19.1. The largest absolute Gasteiger partial charge is 0.383 e. The van der Waals surface area contributed by atoms with E-state index in [-0.39, 0.29) is 0 Å². The molecule has 2 heterocycles. The van der Waals surface area contributed by atoms with Gasteiger partial charge in [-0.25, -0.2) is 14.6 Å². The van der Waals surface area contributed by atoms with Gasteiger partial charge in [-0.1, -0.05) is 56.0 Å². The molecule has 0 saturated carbocycles. The molecule has 0 aromatic carbocycles. The van der Waals surface area contributed by atoms with Crippen molar-refractivity contribution in [2.45, 2.75) is 27.2 Å². The molecule has 0 atom stereocenters. The summed E-state index contributed by atoms with van der Waals surface area (Å²) in [5, 5.41) is 5.50. The second-order valence-electron chi connectivity index (χ2n) is 5.48. The Hall–Kier alpha value is -3.21. The van der Waals surface area contributed by atoms with E-state index in [1.165, 1.54) is 6.33 Å². The van der Waals surface area contributed by atoms with Crippen LogP contribution in [-0.2, 0) is 0 Å². The molecule has 134 valence electrons. The zero-order valence-electron chi connectivity index (χ0n) is 15.6. The summed E-state index contributed by atoms with van der Waals surface area (Å²) in [5.74, 6) is 0.405. The number of rotatable bonds is 7. The number of nitrogen functional groups attached to an aromatic ring is 1. The molecule has 26 heavy (non-hydrogen) atoms. The number of hydrogen-bond donors (Lipinski definition) is 1. The van der Waals surface area contributed by atoms with Gasteiger partial charge in [0.15, 0.2) is 5.65 Å². The van der Waals surface area contributed by atoms with Crippen LogP contribution in [0.15, 0.2) is 67.6 Å². The molecular weight excluding hydrogens is 322 g/mol. The summed E-state index contributed by atoms with van der Waals surface area (Å²) in [6.07, 6.45) is 20.0. The minimum absolute atomic E-state index is 0.405. The van der Waals surface area contributed by atoms with Gasteiger partial charge in [-0.2, -0.15) is 5.10 Å². The van der Waals surface area contributed by atoms with Crippen molar-refractivity contribution in [3.63, 3.8) is 0 Å². The van der Waals surface area contributed by atoms with Gasteiger partial charge in [-0.05, 0) is 38.0 Å². The maximum atomic E-state index is 6.15. The fraction of sp³-hybridized carbons (Fsp3) is 0.190. The van der Waals surface area contributed by atoms with Crippen LogP contribution in [0.25, 0.3) is 22.3 Å². The first-order chi connectivity index (χ1) is 12.7. The molecular formula is C21H25N5. The van der Waals surface area contributed by atoms with E-state index < -0.39 is 0 Å². The monoisotopic (exact) mass is 347 g/mol. The Morgan fingerprint density at radius 1 is 1.23 bits per heavy atom. The summed E-state index contributed by atoms with van der Waals surface area (Å²) in [6.45, 7) is 9.93. The highest BCUT2D eigenvalue weighted by Gasteiger charge is 2.18. The van der Waals surface area contributed by atoms with Crippen molar-refractivity contribution in [3.05, 3.63) is 73.3 Å². The van der Waals surface area contributed by atoms with E-state index in [4.69, 9.17) is 10.8 Å². The van der Waals surface area contributed by atoms with E-state index in [2.05, 4.69) is 29.5 Å². The average Bonchev–Trinajstić information content (AvgIpc) is 3.03. The van der Waals surface area contributed by atoms with E-state index in [9.17, 15) is 0 Å². The molecule has 2 rings (SSSR count). The first-order valence-electron chi connectivity index (χ1n) is 8.62. The number of allylic oxidation sites excluding steroid dienone is 11. The van der Waals surface area contributed by atoms with Gasteiger partial charge < -0.3 is 5.73 Å². The molecule has 2 N–H and O–H groups in total. The Kier molecular flexibility index (Phi) is 6.85. The molecule has 5 heteroatoms. The summed E-state index contributed by atoms with van der Waals surface area (Å²) in [5.41, 5.74) is 9.31. The van der Waals surface area contributed by atoms with Crippen LogP contribution in [0.5, 0.6) is 0 Å². The van der Waals surface area contributed by atoms with Crippen molar-refractivity contribution >= 4 is 28.1 Å². The summed E-state index contributed by atoms with van der Waals surface area (Å²) >= 11 is 0. The zero-order valence-corrected chi connectivity index (χ0v) is 15.6. The lowest BCUT2D eigenvalue weighted by Crippen LogP contribution is -1.99. The van der Waals surface area contributed by atoms with Crippen molar-refractivity contribution in [3.8, 4) is 0 Å². The standard InChI is InChI=1S/C21H25N5/c1-5-9-11-13-16(7-3)19-18-20(22)23-15-24-21(18)26(25-19)17(8-4)14-12-10-6-2/h5,7-15H,4,6H2,1-3H3,(H2,22,23,24)/b9-5-,12-10-,13-11-,16-7+,17-14+. The normalized spacial score (nSPS) is 13.7. The Balaban J connectivity index is 2.72. The van der Waals surface area contributed by atoms with E-state index in [1.54, 1.807) is 10.8 Å². The van der Waals surface area contributed by atoms with Gasteiger partial charge in [-0.3, -0.25) is 0 Å². The number of hydrogen-bond acceptors (Lipinski definition) is 4. The third-order valence-corrected chi connectivity index (χ3v) is 3.75. The quantitative estimate of drug-likeness (QED) is 0.720. The van der Waals surface area contributed by atoms with Crippen LogP contribution in [0.2, 0.25) is 0 Å². The third kappa shape index (κ3) is 4.06. The molecule has 0 spiro atoms.